The van der Waals surface area contributed by atoms with Gasteiger partial charge in [-0.3, -0.25) is 4.79 Å². The normalized spacial score (nSPS) is 18.3. The first kappa shape index (κ1) is 77.1. The Hall–Kier alpha value is -3.84. The van der Waals surface area contributed by atoms with Gasteiger partial charge in [0.2, 0.25) is 11.7 Å². The van der Waals surface area contributed by atoms with Crippen molar-refractivity contribution in [1.29, 1.82) is 0 Å². The van der Waals surface area contributed by atoms with E-state index in [1.165, 1.54) is 0 Å². The van der Waals surface area contributed by atoms with E-state index in [2.05, 4.69) is 11.3 Å². The molecule has 0 heterocycles. The maximum atomic E-state index is 13.9. The first-order chi connectivity index (χ1) is 30.0. The van der Waals surface area contributed by atoms with Crippen LogP contribution in [0.2, 0.25) is 0 Å². The highest BCUT2D eigenvalue weighted by atomic mass is 19.4. The van der Waals surface area contributed by atoms with E-state index in [4.69, 9.17) is 25.5 Å². The van der Waals surface area contributed by atoms with Crippen LogP contribution < -0.4 is 0 Å². The molecule has 0 rings (SSSR count). The highest BCUT2D eigenvalue weighted by Crippen LogP contribution is 2.57. The molecule has 0 radical (unpaired) electrons. The number of carbonyl (C=O) groups excluding carboxylic acids is 2. The standard InChI is InChI=1S/C11H10F10O3.C7H6F10O2.C6H2F10O2.C3H2F6O.CH4/c1-4(2)5(22)24-7(3,10(16,17)18)9(14,15)8(23,6(12)13)11(19,20)21;1-3(18,6(12,13)14)5(10,11)4(19,2(8)9)7(15,16)17;7-2(8)3(18,6(14,15)16)4(9,10)1(17)5(11,12)13;4-2(5,6)1(10)3(7,8)9;/h6,23H,1H2,2-3H3;2,18-19H,1H3;2,18H;1,10H;1H4. The Morgan fingerprint density at radius 3 is 0.847 bits per heavy atom. The number of rotatable bonds is 11. The van der Waals surface area contributed by atoms with Crippen LogP contribution in [0.4, 0.5) is 158 Å². The van der Waals surface area contributed by atoms with Gasteiger partial charge in [-0.1, -0.05) is 14.0 Å². The van der Waals surface area contributed by atoms with Crippen LogP contribution in [0.25, 0.3) is 0 Å². The van der Waals surface area contributed by atoms with Gasteiger partial charge < -0.3 is 30.3 Å². The topological polar surface area (TPSA) is 145 Å². The van der Waals surface area contributed by atoms with E-state index in [0.717, 1.165) is 0 Å². The molecule has 0 saturated heterocycles. The molecule has 0 aromatic heterocycles. The summed E-state index contributed by atoms with van der Waals surface area (Å²) in [4.78, 5) is 21.1. The minimum absolute atomic E-state index is 0. The van der Waals surface area contributed by atoms with Crippen LogP contribution in [-0.2, 0) is 14.3 Å². The Labute approximate surface area is 371 Å². The number of hydrogen-bond donors (Lipinski definition) is 5. The number of carbonyl (C=O) groups is 2. The Bertz CT molecular complexity index is 1750. The quantitative estimate of drug-likeness (QED) is 0.0782. The molecule has 0 amide bonds. The molecule has 8 nitrogen and oxygen atoms in total. The molecule has 5 unspecified atom stereocenters. The number of ketones is 1. The second-order valence-electron chi connectivity index (χ2n) is 13.0. The van der Waals surface area contributed by atoms with Gasteiger partial charge in [0.15, 0.2) is 0 Å². The van der Waals surface area contributed by atoms with Gasteiger partial charge in [0.05, 0.1) is 0 Å². The molecule has 0 aromatic carbocycles. The molecule has 0 bridgehead atoms. The molecular formula is C28H24F36O8. The molecule has 436 valence electrons. The predicted octanol–water partition coefficient (Wildman–Crippen LogP) is 10.5. The largest absolute Gasteiger partial charge is 0.456 e. The van der Waals surface area contributed by atoms with Gasteiger partial charge in [0.1, 0.15) is 0 Å². The minimum atomic E-state index is -6.90. The smallest absolute Gasteiger partial charge is 0.440 e. The van der Waals surface area contributed by atoms with Crippen LogP contribution >= 0.6 is 0 Å². The first-order valence-corrected chi connectivity index (χ1v) is 15.5. The Balaban J connectivity index is -0.000000286. The number of aliphatic hydroxyl groups excluding tert-OH is 1. The molecule has 44 heteroatoms. The molecule has 0 saturated carbocycles. The van der Waals surface area contributed by atoms with Crippen molar-refractivity contribution in [3.63, 3.8) is 0 Å². The number of halogens is 36. The van der Waals surface area contributed by atoms with E-state index in [9.17, 15) is 168 Å². The highest BCUT2D eigenvalue weighted by molar-refractivity contribution is 5.92. The average Bonchev–Trinajstić information content (AvgIpc) is 3.09. The third-order valence-corrected chi connectivity index (χ3v) is 7.79. The lowest BCUT2D eigenvalue weighted by Crippen LogP contribution is -2.75. The van der Waals surface area contributed by atoms with Crippen LogP contribution in [0.15, 0.2) is 12.2 Å². The van der Waals surface area contributed by atoms with Crippen molar-refractivity contribution in [3.8, 4) is 0 Å². The van der Waals surface area contributed by atoms with Crippen molar-refractivity contribution in [2.45, 2.75) is 149 Å². The molecule has 0 aliphatic rings. The van der Waals surface area contributed by atoms with Gasteiger partial charge in [0, 0.05) is 5.57 Å². The summed E-state index contributed by atoms with van der Waals surface area (Å²) in [5.74, 6) is -26.8. The van der Waals surface area contributed by atoms with Crippen LogP contribution in [0.5, 0.6) is 0 Å². The Kier molecular flexibility index (Phi) is 24.1. The summed E-state index contributed by atoms with van der Waals surface area (Å²) in [5.41, 5.74) is -31.1. The molecular weight excluding hydrogens is 1150 g/mol. The molecule has 0 aliphatic heterocycles. The zero-order valence-electron chi connectivity index (χ0n) is 32.6. The third-order valence-electron chi connectivity index (χ3n) is 7.79. The van der Waals surface area contributed by atoms with Gasteiger partial charge in [-0.05, 0) is 20.8 Å². The van der Waals surface area contributed by atoms with E-state index < -0.39 is 152 Å². The average molecular weight is 1170 g/mol. The van der Waals surface area contributed by atoms with Gasteiger partial charge >= 0.3 is 78.9 Å². The van der Waals surface area contributed by atoms with E-state index in [-0.39, 0.29) is 7.43 Å². The van der Waals surface area contributed by atoms with Crippen molar-refractivity contribution in [2.75, 3.05) is 0 Å². The Morgan fingerprint density at radius 1 is 0.444 bits per heavy atom. The van der Waals surface area contributed by atoms with E-state index >= 15 is 0 Å². The SMILES string of the molecule is C.C=C(C)C(=O)OC(C)(C(F)(F)F)C(F)(F)C(O)(C(F)F)C(F)(F)F.CC(O)(C(F)(F)F)C(F)(F)C(O)(C(F)F)C(F)(F)F.O=C(C(F)(F)F)C(F)(F)C(O)(C(F)F)C(F)(F)F.OC(C(F)(F)F)C(F)(F)F. The fourth-order valence-corrected chi connectivity index (χ4v) is 3.34. The van der Waals surface area contributed by atoms with E-state index in [1.807, 2.05) is 0 Å². The first-order valence-electron chi connectivity index (χ1n) is 15.5. The second kappa shape index (κ2) is 22.6. The van der Waals surface area contributed by atoms with Crippen molar-refractivity contribution in [1.82, 2.24) is 0 Å². The lowest BCUT2D eigenvalue weighted by atomic mass is 9.82. The third kappa shape index (κ3) is 14.9. The summed E-state index contributed by atoms with van der Waals surface area (Å²) in [6.07, 6.45) is -71.5. The van der Waals surface area contributed by atoms with Crippen molar-refractivity contribution < 1.29 is 198 Å². The number of alkyl halides is 36. The summed E-state index contributed by atoms with van der Waals surface area (Å²) in [6, 6.07) is 0. The van der Waals surface area contributed by atoms with Crippen LogP contribution in [0.1, 0.15) is 28.2 Å². The second-order valence-corrected chi connectivity index (χ2v) is 13.0. The maximum absolute atomic E-state index is 13.9. The minimum Gasteiger partial charge on any atom is -0.440 e. The number of aliphatic hydroxyl groups is 5. The van der Waals surface area contributed by atoms with Crippen molar-refractivity contribution in [2.24, 2.45) is 0 Å². The van der Waals surface area contributed by atoms with Gasteiger partial charge in [-0.15, -0.1) is 0 Å². The number of hydrogen-bond acceptors (Lipinski definition) is 8. The van der Waals surface area contributed by atoms with Crippen molar-refractivity contribution >= 4 is 11.8 Å². The summed E-state index contributed by atoms with van der Waals surface area (Å²) in [5, 5.41) is 41.2. The summed E-state index contributed by atoms with van der Waals surface area (Å²) in [7, 11) is 0. The molecule has 72 heavy (non-hydrogen) atoms. The van der Waals surface area contributed by atoms with E-state index in [1.54, 1.807) is 0 Å². The van der Waals surface area contributed by atoms with Gasteiger partial charge in [-0.2, -0.15) is 132 Å². The lowest BCUT2D eigenvalue weighted by Gasteiger charge is -2.45. The van der Waals surface area contributed by atoms with Crippen LogP contribution in [0, 0.1) is 0 Å². The zero-order valence-corrected chi connectivity index (χ0v) is 32.6. The fourth-order valence-electron chi connectivity index (χ4n) is 3.34. The predicted molar refractivity (Wildman–Crippen MR) is 154 cm³/mol. The molecule has 0 aliphatic carbocycles. The molecule has 0 spiro atoms. The van der Waals surface area contributed by atoms with Gasteiger partial charge in [0.25, 0.3) is 41.7 Å². The summed E-state index contributed by atoms with van der Waals surface area (Å²) < 4.78 is 440. The fraction of sp³-hybridized carbons (Fsp3) is 0.857. The van der Waals surface area contributed by atoms with Crippen molar-refractivity contribution in [3.05, 3.63) is 12.2 Å². The lowest BCUT2D eigenvalue weighted by molar-refractivity contribution is -0.425. The number of ether oxygens (including phenoxy) is 1. The summed E-state index contributed by atoms with van der Waals surface area (Å²) in [6.45, 7) is 1.77. The Morgan fingerprint density at radius 2 is 0.694 bits per heavy atom. The maximum Gasteiger partial charge on any atom is 0.456 e. The van der Waals surface area contributed by atoms with Gasteiger partial charge in [-0.25, -0.2) is 31.1 Å². The van der Waals surface area contributed by atoms with Crippen LogP contribution in [-0.4, -0.2) is 158 Å². The molecule has 0 aromatic rings. The highest BCUT2D eigenvalue weighted by Gasteiger charge is 2.87. The molecule has 5 atom stereocenters. The monoisotopic (exact) mass is 1170 g/mol. The molecule has 5 N–H and O–H groups in total. The number of Topliss-reactive ketones (excluding diaryl/α,β-unsaturated/α-hetero) is 1. The summed E-state index contributed by atoms with van der Waals surface area (Å²) >= 11 is 0. The van der Waals surface area contributed by atoms with Crippen LogP contribution in [0.3, 0.4) is 0 Å². The zero-order chi connectivity index (χ0) is 59.7. The van der Waals surface area contributed by atoms with E-state index in [0.29, 0.717) is 6.92 Å². The number of esters is 1. The molecule has 0 fully saturated rings.